The molecule has 20 heavy (non-hydrogen) atoms. The molecule has 0 amide bonds. The van der Waals surface area contributed by atoms with Gasteiger partial charge in [-0.25, -0.2) is 9.31 Å². The summed E-state index contributed by atoms with van der Waals surface area (Å²) in [5.74, 6) is -1.96. The van der Waals surface area contributed by atoms with Gasteiger partial charge in [-0.05, 0) is 6.07 Å². The van der Waals surface area contributed by atoms with Crippen LogP contribution in [0.25, 0.3) is 16.7 Å². The Morgan fingerprint density at radius 3 is 2.85 bits per heavy atom. The van der Waals surface area contributed by atoms with Gasteiger partial charge >= 0.3 is 5.97 Å². The minimum Gasteiger partial charge on any atom is -0.475 e. The third-order valence-corrected chi connectivity index (χ3v) is 2.67. The van der Waals surface area contributed by atoms with Gasteiger partial charge in [-0.3, -0.25) is 14.9 Å². The van der Waals surface area contributed by atoms with Crippen LogP contribution in [-0.2, 0) is 0 Å². The summed E-state index contributed by atoms with van der Waals surface area (Å²) in [6.07, 6.45) is 0. The van der Waals surface area contributed by atoms with Gasteiger partial charge in [0.25, 0.3) is 17.1 Å². The van der Waals surface area contributed by atoms with Gasteiger partial charge in [0.1, 0.15) is 0 Å². The lowest BCUT2D eigenvalue weighted by Gasteiger charge is -1.99. The number of rotatable bonds is 2. The molecule has 0 unspecified atom stereocenters. The van der Waals surface area contributed by atoms with Crippen molar-refractivity contribution in [3.63, 3.8) is 0 Å². The average Bonchev–Trinajstić information content (AvgIpc) is 2.84. The Labute approximate surface area is 108 Å². The van der Waals surface area contributed by atoms with Crippen molar-refractivity contribution in [3.8, 4) is 0 Å². The molecule has 0 spiro atoms. The number of non-ortho nitro benzene ring substituents is 1. The molecule has 10 nitrogen and oxygen atoms in total. The molecule has 0 atom stereocenters. The maximum absolute atomic E-state index is 11.7. The Morgan fingerprint density at radius 1 is 1.45 bits per heavy atom. The predicted octanol–water partition coefficient (Wildman–Crippen LogP) is 0.177. The van der Waals surface area contributed by atoms with Gasteiger partial charge < -0.3 is 10.1 Å². The van der Waals surface area contributed by atoms with Crippen molar-refractivity contribution in [1.82, 2.24) is 19.6 Å². The van der Waals surface area contributed by atoms with Gasteiger partial charge in [-0.2, -0.15) is 4.98 Å². The van der Waals surface area contributed by atoms with Gasteiger partial charge in [0.05, 0.1) is 16.0 Å². The highest BCUT2D eigenvalue weighted by molar-refractivity contribution is 5.85. The zero-order valence-corrected chi connectivity index (χ0v) is 9.60. The number of aromatic nitrogens is 4. The first-order valence-electron chi connectivity index (χ1n) is 5.28. The van der Waals surface area contributed by atoms with Crippen LogP contribution in [0.3, 0.4) is 0 Å². The molecule has 0 aliphatic rings. The fraction of sp³-hybridized carbons (Fsp3) is 0. The standard InChI is InChI=1S/C10H5N5O5/c16-9-8-12-7(10(17)18)13-14(8)6-3-4(15(19)20)1-2-5(6)11-9/h1-3H,(H,11,16)(H,17,18). The van der Waals surface area contributed by atoms with Gasteiger partial charge in [0, 0.05) is 12.1 Å². The number of nitrogens with zero attached hydrogens (tertiary/aromatic N) is 4. The van der Waals surface area contributed by atoms with E-state index < -0.39 is 22.3 Å². The number of nitro groups is 1. The maximum atomic E-state index is 11.7. The molecule has 2 N–H and O–H groups in total. The first kappa shape index (κ1) is 11.8. The van der Waals surface area contributed by atoms with E-state index >= 15 is 0 Å². The van der Waals surface area contributed by atoms with E-state index in [2.05, 4.69) is 15.1 Å². The van der Waals surface area contributed by atoms with E-state index in [1.165, 1.54) is 18.2 Å². The second kappa shape index (κ2) is 3.85. The van der Waals surface area contributed by atoms with Crippen molar-refractivity contribution >= 4 is 28.3 Å². The fourth-order valence-corrected chi connectivity index (χ4v) is 1.81. The molecule has 2 heterocycles. The van der Waals surface area contributed by atoms with Gasteiger partial charge in [0.15, 0.2) is 0 Å². The molecular weight excluding hydrogens is 270 g/mol. The van der Waals surface area contributed by atoms with Crippen molar-refractivity contribution in [2.75, 3.05) is 0 Å². The molecule has 0 bridgehead atoms. The number of nitro benzene ring substituents is 1. The molecule has 100 valence electrons. The third kappa shape index (κ3) is 1.59. The Balaban J connectivity index is 2.48. The van der Waals surface area contributed by atoms with Crippen LogP contribution >= 0.6 is 0 Å². The van der Waals surface area contributed by atoms with Gasteiger partial charge in [0.2, 0.25) is 5.65 Å². The SMILES string of the molecule is O=C(O)c1nc2c(=O)[nH]c3ccc([N+](=O)[O-])cc3n2n1. The number of nitrogens with one attached hydrogen (secondary N) is 1. The summed E-state index contributed by atoms with van der Waals surface area (Å²) in [7, 11) is 0. The summed E-state index contributed by atoms with van der Waals surface area (Å²) >= 11 is 0. The number of carbonyl (C=O) groups is 1. The number of fused-ring (bicyclic) bond motifs is 3. The van der Waals surface area contributed by atoms with Crippen LogP contribution in [0.2, 0.25) is 0 Å². The van der Waals surface area contributed by atoms with E-state index in [1.807, 2.05) is 0 Å². The second-order valence-corrected chi connectivity index (χ2v) is 3.89. The number of carboxylic acid groups (broad SMARTS) is 1. The molecule has 0 saturated carbocycles. The number of aromatic amines is 1. The predicted molar refractivity (Wildman–Crippen MR) is 64.7 cm³/mol. The molecule has 0 aliphatic heterocycles. The van der Waals surface area contributed by atoms with E-state index in [1.54, 1.807) is 0 Å². The van der Waals surface area contributed by atoms with Crippen molar-refractivity contribution < 1.29 is 14.8 Å². The molecule has 2 aromatic heterocycles. The molecule has 10 heteroatoms. The quantitative estimate of drug-likeness (QED) is 0.501. The lowest BCUT2D eigenvalue weighted by Crippen LogP contribution is -2.11. The normalized spacial score (nSPS) is 11.0. The zero-order chi connectivity index (χ0) is 14.4. The van der Waals surface area contributed by atoms with Crippen LogP contribution in [0, 0.1) is 10.1 Å². The monoisotopic (exact) mass is 275 g/mol. The Hall–Kier alpha value is -3.30. The Morgan fingerprint density at radius 2 is 2.20 bits per heavy atom. The van der Waals surface area contributed by atoms with E-state index in [-0.39, 0.29) is 22.4 Å². The van der Waals surface area contributed by atoms with Crippen LogP contribution in [0.4, 0.5) is 5.69 Å². The molecule has 0 aliphatic carbocycles. The molecule has 0 radical (unpaired) electrons. The highest BCUT2D eigenvalue weighted by Crippen LogP contribution is 2.18. The lowest BCUT2D eigenvalue weighted by atomic mass is 10.2. The topological polar surface area (TPSA) is 143 Å². The zero-order valence-electron chi connectivity index (χ0n) is 9.60. The second-order valence-electron chi connectivity index (χ2n) is 3.89. The Kier molecular flexibility index (Phi) is 2.26. The van der Waals surface area contributed by atoms with Crippen LogP contribution in [0.1, 0.15) is 10.6 Å². The number of hydrogen-bond donors (Lipinski definition) is 2. The summed E-state index contributed by atoms with van der Waals surface area (Å²) in [5.41, 5.74) is -0.608. The number of benzene rings is 1. The highest BCUT2D eigenvalue weighted by Gasteiger charge is 2.17. The van der Waals surface area contributed by atoms with E-state index in [4.69, 9.17) is 5.11 Å². The first-order chi connectivity index (χ1) is 9.47. The summed E-state index contributed by atoms with van der Waals surface area (Å²) < 4.78 is 0.977. The highest BCUT2D eigenvalue weighted by atomic mass is 16.6. The molecular formula is C10H5N5O5. The summed E-state index contributed by atoms with van der Waals surface area (Å²) in [5, 5.41) is 23.3. The summed E-state index contributed by atoms with van der Waals surface area (Å²) in [4.78, 5) is 38.8. The number of carboxylic acids is 1. The average molecular weight is 275 g/mol. The number of aromatic carboxylic acids is 1. The van der Waals surface area contributed by atoms with Gasteiger partial charge in [-0.15, -0.1) is 5.10 Å². The fourth-order valence-electron chi connectivity index (χ4n) is 1.81. The van der Waals surface area contributed by atoms with Crippen molar-refractivity contribution in [3.05, 3.63) is 44.5 Å². The molecule has 1 aromatic carbocycles. The summed E-state index contributed by atoms with van der Waals surface area (Å²) in [6.45, 7) is 0. The lowest BCUT2D eigenvalue weighted by molar-refractivity contribution is -0.384. The van der Waals surface area contributed by atoms with Crippen LogP contribution < -0.4 is 5.56 Å². The van der Waals surface area contributed by atoms with Crippen LogP contribution in [-0.4, -0.2) is 35.6 Å². The van der Waals surface area contributed by atoms with Crippen molar-refractivity contribution in [2.24, 2.45) is 0 Å². The smallest absolute Gasteiger partial charge is 0.375 e. The van der Waals surface area contributed by atoms with E-state index in [0.29, 0.717) is 0 Å². The molecule has 0 fully saturated rings. The third-order valence-electron chi connectivity index (χ3n) is 2.67. The van der Waals surface area contributed by atoms with Crippen LogP contribution in [0.15, 0.2) is 23.0 Å². The minimum atomic E-state index is -1.40. The minimum absolute atomic E-state index is 0.189. The van der Waals surface area contributed by atoms with Crippen LogP contribution in [0.5, 0.6) is 0 Å². The molecule has 3 aromatic rings. The van der Waals surface area contributed by atoms with E-state index in [9.17, 15) is 19.7 Å². The number of H-pyrrole nitrogens is 1. The number of hydrogen-bond acceptors (Lipinski definition) is 6. The van der Waals surface area contributed by atoms with Crippen molar-refractivity contribution in [2.45, 2.75) is 0 Å². The summed E-state index contributed by atoms with van der Waals surface area (Å²) in [6, 6.07) is 3.74. The van der Waals surface area contributed by atoms with E-state index in [0.717, 1.165) is 4.52 Å². The van der Waals surface area contributed by atoms with Gasteiger partial charge in [-0.1, -0.05) is 0 Å². The molecule has 0 saturated heterocycles. The Bertz CT molecular complexity index is 940. The maximum Gasteiger partial charge on any atom is 0.375 e. The largest absolute Gasteiger partial charge is 0.475 e. The first-order valence-corrected chi connectivity index (χ1v) is 5.28. The van der Waals surface area contributed by atoms with Crippen molar-refractivity contribution in [1.29, 1.82) is 0 Å². The molecule has 3 rings (SSSR count).